The van der Waals surface area contributed by atoms with Crippen LogP contribution in [0.15, 0.2) is 24.3 Å². The Hall–Kier alpha value is -0.970. The number of hydrogen-bond acceptors (Lipinski definition) is 3. The number of likely N-dealkylation sites (N-methyl/N-ethyl adjacent to an activating group) is 1. The second kappa shape index (κ2) is 7.73. The van der Waals surface area contributed by atoms with Crippen molar-refractivity contribution in [3.8, 4) is 5.75 Å². The topological polar surface area (TPSA) is 41.6 Å². The fraction of sp³-hybridized carbons (Fsp3) is 0.588. The smallest absolute Gasteiger partial charge is 0.226 e. The quantitative estimate of drug-likeness (QED) is 0.879. The van der Waals surface area contributed by atoms with E-state index in [4.69, 9.17) is 16.3 Å². The third kappa shape index (κ3) is 4.31. The average molecular weight is 359 g/mol. The van der Waals surface area contributed by atoms with Crippen molar-refractivity contribution in [2.45, 2.75) is 19.3 Å². The fourth-order valence-electron chi connectivity index (χ4n) is 3.41. The van der Waals surface area contributed by atoms with Crippen molar-refractivity contribution >= 4 is 29.9 Å². The average Bonchev–Trinajstić information content (AvgIpc) is 3.20. The van der Waals surface area contributed by atoms with Gasteiger partial charge in [0, 0.05) is 18.0 Å². The zero-order valence-electron chi connectivity index (χ0n) is 13.4. The number of nitrogens with zero attached hydrogens (tertiary/aromatic N) is 1. The lowest BCUT2D eigenvalue weighted by molar-refractivity contribution is -0.132. The predicted octanol–water partition coefficient (Wildman–Crippen LogP) is 2.99. The lowest BCUT2D eigenvalue weighted by Gasteiger charge is -2.25. The molecule has 0 bridgehead atoms. The second-order valence-electron chi connectivity index (χ2n) is 6.43. The van der Waals surface area contributed by atoms with Gasteiger partial charge >= 0.3 is 0 Å². The molecule has 1 amide bonds. The van der Waals surface area contributed by atoms with E-state index in [9.17, 15) is 4.79 Å². The molecule has 1 atom stereocenters. The largest absolute Gasteiger partial charge is 0.492 e. The van der Waals surface area contributed by atoms with Gasteiger partial charge in [-0.1, -0.05) is 17.7 Å². The second-order valence-corrected chi connectivity index (χ2v) is 6.87. The van der Waals surface area contributed by atoms with Crippen molar-refractivity contribution in [1.29, 1.82) is 0 Å². The van der Waals surface area contributed by atoms with Crippen molar-refractivity contribution in [2.75, 3.05) is 33.3 Å². The summed E-state index contributed by atoms with van der Waals surface area (Å²) in [4.78, 5) is 14.3. The summed E-state index contributed by atoms with van der Waals surface area (Å²) in [6.07, 6.45) is 3.33. The standard InChI is InChI=1S/C17H23ClN2O2.ClH/c1-20(9-10-22-14-4-2-3-13(18)11-14)16(21)15-12-17(15)5-7-19-8-6-17;/h2-4,11,15,19H,5-10,12H2,1H3;1H. The number of benzene rings is 1. The lowest BCUT2D eigenvalue weighted by atomic mass is 9.91. The predicted molar refractivity (Wildman–Crippen MR) is 94.5 cm³/mol. The van der Waals surface area contributed by atoms with E-state index in [0.717, 1.165) is 38.1 Å². The molecule has 128 valence electrons. The third-order valence-electron chi connectivity index (χ3n) is 4.95. The Kier molecular flexibility index (Phi) is 6.18. The van der Waals surface area contributed by atoms with E-state index in [1.807, 2.05) is 30.1 Å². The maximum absolute atomic E-state index is 12.5. The van der Waals surface area contributed by atoms with Crippen LogP contribution >= 0.6 is 24.0 Å². The molecule has 1 N–H and O–H groups in total. The summed E-state index contributed by atoms with van der Waals surface area (Å²) >= 11 is 5.92. The van der Waals surface area contributed by atoms with Gasteiger partial charge in [0.2, 0.25) is 5.91 Å². The number of piperidine rings is 1. The van der Waals surface area contributed by atoms with E-state index >= 15 is 0 Å². The molecule has 1 spiro atoms. The van der Waals surface area contributed by atoms with Crippen LogP contribution < -0.4 is 10.1 Å². The zero-order valence-corrected chi connectivity index (χ0v) is 15.0. The van der Waals surface area contributed by atoms with Crippen LogP contribution in [0.25, 0.3) is 0 Å². The van der Waals surface area contributed by atoms with Gasteiger partial charge < -0.3 is 15.0 Å². The molecular weight excluding hydrogens is 335 g/mol. The van der Waals surface area contributed by atoms with E-state index in [2.05, 4.69) is 5.32 Å². The molecule has 1 aliphatic carbocycles. The van der Waals surface area contributed by atoms with Crippen LogP contribution in [0.2, 0.25) is 5.02 Å². The van der Waals surface area contributed by atoms with Crippen LogP contribution in [0.4, 0.5) is 0 Å². The number of amides is 1. The summed E-state index contributed by atoms with van der Waals surface area (Å²) in [5.74, 6) is 1.25. The number of hydrogen-bond donors (Lipinski definition) is 1. The molecule has 1 heterocycles. The SMILES string of the molecule is CN(CCOc1cccc(Cl)c1)C(=O)C1CC12CCNCC2.Cl. The summed E-state index contributed by atoms with van der Waals surface area (Å²) < 4.78 is 5.66. The van der Waals surface area contributed by atoms with E-state index in [1.54, 1.807) is 6.07 Å². The number of carbonyl (C=O) groups is 1. The monoisotopic (exact) mass is 358 g/mol. The van der Waals surface area contributed by atoms with Crippen molar-refractivity contribution in [2.24, 2.45) is 11.3 Å². The first-order chi connectivity index (χ1) is 10.6. The maximum atomic E-state index is 12.5. The molecule has 3 rings (SSSR count). The Morgan fingerprint density at radius 2 is 2.17 bits per heavy atom. The Morgan fingerprint density at radius 1 is 1.43 bits per heavy atom. The molecule has 1 aliphatic heterocycles. The molecule has 23 heavy (non-hydrogen) atoms. The number of rotatable bonds is 5. The van der Waals surface area contributed by atoms with Crippen LogP contribution in [-0.4, -0.2) is 44.1 Å². The Morgan fingerprint density at radius 3 is 2.87 bits per heavy atom. The minimum atomic E-state index is 0. The number of carbonyl (C=O) groups excluding carboxylic acids is 1. The molecular formula is C17H24Cl2N2O2. The van der Waals surface area contributed by atoms with Crippen molar-refractivity contribution in [1.82, 2.24) is 10.2 Å². The molecule has 4 nitrogen and oxygen atoms in total. The Bertz CT molecular complexity index is 547. The minimum Gasteiger partial charge on any atom is -0.492 e. The van der Waals surface area contributed by atoms with Gasteiger partial charge in [-0.05, 0) is 56.0 Å². The van der Waals surface area contributed by atoms with Gasteiger partial charge in [0.05, 0.1) is 6.54 Å². The van der Waals surface area contributed by atoms with E-state index in [1.165, 1.54) is 0 Å². The van der Waals surface area contributed by atoms with E-state index in [-0.39, 0.29) is 24.2 Å². The molecule has 1 saturated carbocycles. The molecule has 6 heteroatoms. The van der Waals surface area contributed by atoms with Crippen molar-refractivity contribution in [3.05, 3.63) is 29.3 Å². The summed E-state index contributed by atoms with van der Waals surface area (Å²) in [7, 11) is 1.87. The summed E-state index contributed by atoms with van der Waals surface area (Å²) in [6.45, 7) is 3.19. The van der Waals surface area contributed by atoms with Crippen LogP contribution in [0.1, 0.15) is 19.3 Å². The third-order valence-corrected chi connectivity index (χ3v) is 5.19. The van der Waals surface area contributed by atoms with Crippen molar-refractivity contribution < 1.29 is 9.53 Å². The highest BCUT2D eigenvalue weighted by molar-refractivity contribution is 6.30. The number of ether oxygens (including phenoxy) is 1. The Balaban J connectivity index is 0.00000192. The van der Waals surface area contributed by atoms with Gasteiger partial charge in [0.15, 0.2) is 0 Å². The zero-order chi connectivity index (χ0) is 15.6. The highest BCUT2D eigenvalue weighted by Gasteiger charge is 2.58. The molecule has 1 unspecified atom stereocenters. The highest BCUT2D eigenvalue weighted by Crippen LogP contribution is 2.59. The minimum absolute atomic E-state index is 0. The van der Waals surface area contributed by atoms with Gasteiger partial charge in [-0.3, -0.25) is 4.79 Å². The highest BCUT2D eigenvalue weighted by atomic mass is 35.5. The first-order valence-electron chi connectivity index (χ1n) is 7.95. The molecule has 0 aromatic heterocycles. The van der Waals surface area contributed by atoms with Crippen LogP contribution in [-0.2, 0) is 4.79 Å². The molecule has 2 fully saturated rings. The maximum Gasteiger partial charge on any atom is 0.226 e. The summed E-state index contributed by atoms with van der Waals surface area (Å²) in [5, 5.41) is 4.03. The number of halogens is 2. The molecule has 1 saturated heterocycles. The fourth-order valence-corrected chi connectivity index (χ4v) is 3.59. The Labute approximate surface area is 148 Å². The van der Waals surface area contributed by atoms with Crippen LogP contribution in [0, 0.1) is 11.3 Å². The molecule has 1 aromatic rings. The van der Waals surface area contributed by atoms with Gasteiger partial charge in [-0.15, -0.1) is 12.4 Å². The van der Waals surface area contributed by atoms with Gasteiger partial charge in [0.25, 0.3) is 0 Å². The lowest BCUT2D eigenvalue weighted by Crippen LogP contribution is -2.36. The molecule has 2 aliphatic rings. The normalized spacial score (nSPS) is 21.4. The van der Waals surface area contributed by atoms with Crippen LogP contribution in [0.3, 0.4) is 0 Å². The summed E-state index contributed by atoms with van der Waals surface area (Å²) in [6, 6.07) is 7.33. The molecule has 0 radical (unpaired) electrons. The van der Waals surface area contributed by atoms with Crippen molar-refractivity contribution in [3.63, 3.8) is 0 Å². The van der Waals surface area contributed by atoms with Gasteiger partial charge in [-0.2, -0.15) is 0 Å². The van der Waals surface area contributed by atoms with Gasteiger partial charge in [-0.25, -0.2) is 0 Å². The van der Waals surface area contributed by atoms with Crippen LogP contribution in [0.5, 0.6) is 5.75 Å². The first kappa shape index (κ1) is 18.4. The van der Waals surface area contributed by atoms with E-state index in [0.29, 0.717) is 23.6 Å². The van der Waals surface area contributed by atoms with Gasteiger partial charge in [0.1, 0.15) is 12.4 Å². The first-order valence-corrected chi connectivity index (χ1v) is 8.33. The van der Waals surface area contributed by atoms with E-state index < -0.39 is 0 Å². The molecule has 1 aromatic carbocycles. The number of nitrogens with one attached hydrogen (secondary N) is 1. The summed E-state index contributed by atoms with van der Waals surface area (Å²) in [5.41, 5.74) is 0.296.